The highest BCUT2D eigenvalue weighted by atomic mass is 79.9. The van der Waals surface area contributed by atoms with E-state index in [1.165, 1.54) is 19.1 Å². The van der Waals surface area contributed by atoms with Gasteiger partial charge in [0.15, 0.2) is 5.78 Å². The zero-order valence-electron chi connectivity index (χ0n) is 9.61. The number of carbonyl (C=O) groups is 1. The maximum absolute atomic E-state index is 13.1. The van der Waals surface area contributed by atoms with Crippen LogP contribution < -0.4 is 4.74 Å². The summed E-state index contributed by atoms with van der Waals surface area (Å²) in [5.74, 6) is 0.574. The molecule has 92 valence electrons. The molecule has 0 aromatic heterocycles. The van der Waals surface area contributed by atoms with Crippen molar-refractivity contribution in [1.82, 2.24) is 0 Å². The zero-order valence-corrected chi connectivity index (χ0v) is 11.2. The molecule has 0 aliphatic carbocycles. The van der Waals surface area contributed by atoms with E-state index in [0.29, 0.717) is 21.5 Å². The van der Waals surface area contributed by atoms with Crippen molar-refractivity contribution in [2.24, 2.45) is 0 Å². The van der Waals surface area contributed by atoms with Crippen LogP contribution in [0.1, 0.15) is 17.3 Å². The lowest BCUT2D eigenvalue weighted by Gasteiger charge is -2.06. The molecule has 0 atom stereocenters. The minimum Gasteiger partial charge on any atom is -0.457 e. The van der Waals surface area contributed by atoms with Crippen molar-refractivity contribution >= 4 is 21.7 Å². The third-order valence-corrected chi connectivity index (χ3v) is 2.79. The number of halogens is 2. The van der Waals surface area contributed by atoms with E-state index in [-0.39, 0.29) is 11.6 Å². The molecule has 2 aromatic carbocycles. The molecule has 4 heteroatoms. The predicted octanol–water partition coefficient (Wildman–Crippen LogP) is 4.58. The highest BCUT2D eigenvalue weighted by Gasteiger charge is 2.03. The highest BCUT2D eigenvalue weighted by Crippen LogP contribution is 2.26. The lowest BCUT2D eigenvalue weighted by atomic mass is 10.1. The molecule has 0 spiro atoms. The number of carbonyl (C=O) groups excluding carboxylic acids is 1. The fourth-order valence-electron chi connectivity index (χ4n) is 1.48. The smallest absolute Gasteiger partial charge is 0.159 e. The molecule has 2 nitrogen and oxygen atoms in total. The molecule has 0 heterocycles. The first kappa shape index (κ1) is 12.8. The second-order valence-electron chi connectivity index (χ2n) is 3.79. The molecule has 0 radical (unpaired) electrons. The van der Waals surface area contributed by atoms with Crippen LogP contribution in [-0.4, -0.2) is 5.78 Å². The van der Waals surface area contributed by atoms with Crippen LogP contribution in [0.4, 0.5) is 4.39 Å². The second kappa shape index (κ2) is 5.31. The molecule has 18 heavy (non-hydrogen) atoms. The number of ketones is 1. The van der Waals surface area contributed by atoms with Gasteiger partial charge in [-0.25, -0.2) is 4.39 Å². The average Bonchev–Trinajstić information content (AvgIpc) is 2.28. The van der Waals surface area contributed by atoms with E-state index in [2.05, 4.69) is 15.9 Å². The maximum Gasteiger partial charge on any atom is 0.159 e. The van der Waals surface area contributed by atoms with Gasteiger partial charge in [0.25, 0.3) is 0 Å². The van der Waals surface area contributed by atoms with Crippen LogP contribution in [-0.2, 0) is 0 Å². The molecule has 0 fully saturated rings. The van der Waals surface area contributed by atoms with Crippen LogP contribution in [0.15, 0.2) is 46.9 Å². The molecular formula is C14H10BrFO2. The Kier molecular flexibility index (Phi) is 3.77. The lowest BCUT2D eigenvalue weighted by Crippen LogP contribution is -1.91. The molecule has 0 amide bonds. The monoisotopic (exact) mass is 308 g/mol. The number of benzene rings is 2. The summed E-state index contributed by atoms with van der Waals surface area (Å²) in [5, 5.41) is 0. The quantitative estimate of drug-likeness (QED) is 0.776. The van der Waals surface area contributed by atoms with Gasteiger partial charge in [0, 0.05) is 16.1 Å². The van der Waals surface area contributed by atoms with E-state index in [1.54, 1.807) is 30.3 Å². The van der Waals surface area contributed by atoms with Crippen LogP contribution in [0.25, 0.3) is 0 Å². The van der Waals surface area contributed by atoms with Crippen LogP contribution in [0, 0.1) is 5.82 Å². The normalized spacial score (nSPS) is 10.2. The summed E-state index contributed by atoms with van der Waals surface area (Å²) in [7, 11) is 0. The summed E-state index contributed by atoms with van der Waals surface area (Å²) < 4.78 is 19.2. The molecule has 2 rings (SSSR count). The number of Topliss-reactive ketones (excluding diaryl/α,β-unsaturated/α-hetero) is 1. The fraction of sp³-hybridized carbons (Fsp3) is 0.0714. The molecule has 0 aliphatic heterocycles. The first-order valence-electron chi connectivity index (χ1n) is 5.29. The van der Waals surface area contributed by atoms with Crippen LogP contribution in [0.3, 0.4) is 0 Å². The van der Waals surface area contributed by atoms with Gasteiger partial charge in [-0.05, 0) is 43.3 Å². The van der Waals surface area contributed by atoms with Gasteiger partial charge < -0.3 is 4.74 Å². The van der Waals surface area contributed by atoms with Crippen LogP contribution >= 0.6 is 15.9 Å². The summed E-state index contributed by atoms with van der Waals surface area (Å²) in [6.45, 7) is 1.50. The average molecular weight is 309 g/mol. The Morgan fingerprint density at radius 3 is 2.33 bits per heavy atom. The standard InChI is InChI=1S/C14H10BrFO2/c1-9(17)10-2-4-13(5-3-10)18-14-7-11(15)6-12(16)8-14/h2-8H,1H3. The summed E-state index contributed by atoms with van der Waals surface area (Å²) in [4.78, 5) is 11.1. The predicted molar refractivity (Wildman–Crippen MR) is 70.6 cm³/mol. The number of ether oxygens (including phenoxy) is 1. The van der Waals surface area contributed by atoms with E-state index in [0.717, 1.165) is 0 Å². The molecule has 0 saturated carbocycles. The Balaban J connectivity index is 2.20. The topological polar surface area (TPSA) is 26.3 Å². The zero-order chi connectivity index (χ0) is 13.1. The van der Waals surface area contributed by atoms with Crippen molar-refractivity contribution in [3.05, 3.63) is 58.3 Å². The first-order chi connectivity index (χ1) is 8.54. The van der Waals surface area contributed by atoms with E-state index < -0.39 is 0 Å². The molecular weight excluding hydrogens is 299 g/mol. The Hall–Kier alpha value is -1.68. The van der Waals surface area contributed by atoms with Gasteiger partial charge in [-0.3, -0.25) is 4.79 Å². The van der Waals surface area contributed by atoms with Gasteiger partial charge in [-0.15, -0.1) is 0 Å². The number of hydrogen-bond donors (Lipinski definition) is 0. The van der Waals surface area contributed by atoms with Crippen molar-refractivity contribution in [3.63, 3.8) is 0 Å². The van der Waals surface area contributed by atoms with Crippen molar-refractivity contribution in [2.75, 3.05) is 0 Å². The van der Waals surface area contributed by atoms with Gasteiger partial charge in [0.2, 0.25) is 0 Å². The van der Waals surface area contributed by atoms with Gasteiger partial charge in [0.05, 0.1) is 0 Å². The van der Waals surface area contributed by atoms with E-state index in [4.69, 9.17) is 4.74 Å². The maximum atomic E-state index is 13.1. The van der Waals surface area contributed by atoms with Crippen molar-refractivity contribution in [2.45, 2.75) is 6.92 Å². The summed E-state index contributed by atoms with van der Waals surface area (Å²) in [5.41, 5.74) is 0.614. The third kappa shape index (κ3) is 3.17. The Bertz CT molecular complexity index is 559. The summed E-state index contributed by atoms with van der Waals surface area (Å²) in [6, 6.07) is 11.0. The van der Waals surface area contributed by atoms with Gasteiger partial charge in [0.1, 0.15) is 17.3 Å². The Labute approximate surface area is 113 Å². The third-order valence-electron chi connectivity index (χ3n) is 2.33. The molecule has 0 saturated heterocycles. The van der Waals surface area contributed by atoms with E-state index in [1.807, 2.05) is 0 Å². The molecule has 0 N–H and O–H groups in total. The van der Waals surface area contributed by atoms with Crippen molar-refractivity contribution in [1.29, 1.82) is 0 Å². The minimum atomic E-state index is -0.375. The largest absolute Gasteiger partial charge is 0.457 e. The van der Waals surface area contributed by atoms with Crippen molar-refractivity contribution in [3.8, 4) is 11.5 Å². The SMILES string of the molecule is CC(=O)c1ccc(Oc2cc(F)cc(Br)c2)cc1. The summed E-state index contributed by atoms with van der Waals surface area (Å²) >= 11 is 3.19. The first-order valence-corrected chi connectivity index (χ1v) is 6.09. The molecule has 0 bridgehead atoms. The van der Waals surface area contributed by atoms with E-state index >= 15 is 0 Å². The number of rotatable bonds is 3. The van der Waals surface area contributed by atoms with Gasteiger partial charge >= 0.3 is 0 Å². The Morgan fingerprint density at radius 2 is 1.78 bits per heavy atom. The van der Waals surface area contributed by atoms with Crippen molar-refractivity contribution < 1.29 is 13.9 Å². The molecule has 0 unspecified atom stereocenters. The van der Waals surface area contributed by atoms with E-state index in [9.17, 15) is 9.18 Å². The number of hydrogen-bond acceptors (Lipinski definition) is 2. The fourth-order valence-corrected chi connectivity index (χ4v) is 1.93. The molecule has 0 aliphatic rings. The van der Waals surface area contributed by atoms with Gasteiger partial charge in [-0.1, -0.05) is 15.9 Å². The van der Waals surface area contributed by atoms with Crippen LogP contribution in [0.2, 0.25) is 0 Å². The Morgan fingerprint density at radius 1 is 1.11 bits per heavy atom. The summed E-state index contributed by atoms with van der Waals surface area (Å²) in [6.07, 6.45) is 0. The second-order valence-corrected chi connectivity index (χ2v) is 4.70. The lowest BCUT2D eigenvalue weighted by molar-refractivity contribution is 0.101. The highest BCUT2D eigenvalue weighted by molar-refractivity contribution is 9.10. The molecule has 2 aromatic rings. The minimum absolute atomic E-state index is 0.00458. The van der Waals surface area contributed by atoms with Gasteiger partial charge in [-0.2, -0.15) is 0 Å². The van der Waals surface area contributed by atoms with Crippen LogP contribution in [0.5, 0.6) is 11.5 Å².